The molecule has 22 heavy (non-hydrogen) atoms. The van der Waals surface area contributed by atoms with Crippen LogP contribution in [-0.4, -0.2) is 15.3 Å². The fourth-order valence-electron chi connectivity index (χ4n) is 2.33. The van der Waals surface area contributed by atoms with Crippen molar-refractivity contribution >= 4 is 11.6 Å². The average molecular weight is 297 g/mol. The van der Waals surface area contributed by atoms with Gasteiger partial charge in [0.25, 0.3) is 0 Å². The van der Waals surface area contributed by atoms with Crippen LogP contribution in [0, 0.1) is 12.7 Å². The topological polar surface area (TPSA) is 46.4 Å². The van der Waals surface area contributed by atoms with E-state index in [9.17, 15) is 9.18 Å². The number of aryl methyl sites for hydroxylation is 1. The average Bonchev–Trinajstić information content (AvgIpc) is 2.92. The highest BCUT2D eigenvalue weighted by molar-refractivity contribution is 5.78. The van der Waals surface area contributed by atoms with Crippen molar-refractivity contribution in [1.82, 2.24) is 14.7 Å². The zero-order chi connectivity index (χ0) is 15.5. The number of fused-ring (bicyclic) bond motifs is 1. The molecule has 0 atom stereocenters. The highest BCUT2D eigenvalue weighted by Gasteiger charge is 2.07. The second-order valence-electron chi connectivity index (χ2n) is 5.23. The zero-order valence-corrected chi connectivity index (χ0v) is 12.2. The minimum Gasteiger partial charge on any atom is -0.350 e. The van der Waals surface area contributed by atoms with Crippen LogP contribution < -0.4 is 5.32 Å². The van der Waals surface area contributed by atoms with Gasteiger partial charge >= 0.3 is 0 Å². The maximum absolute atomic E-state index is 12.8. The SMILES string of the molecule is Cc1cccn2cc(CNC(=O)Cc3ccc(F)cc3)nc12. The van der Waals surface area contributed by atoms with Gasteiger partial charge in [-0.15, -0.1) is 0 Å². The monoisotopic (exact) mass is 297 g/mol. The lowest BCUT2D eigenvalue weighted by Crippen LogP contribution is -2.24. The third-order valence-electron chi connectivity index (χ3n) is 3.47. The third kappa shape index (κ3) is 3.14. The van der Waals surface area contributed by atoms with E-state index in [1.807, 2.05) is 35.9 Å². The number of nitrogens with zero attached hydrogens (tertiary/aromatic N) is 2. The maximum Gasteiger partial charge on any atom is 0.224 e. The van der Waals surface area contributed by atoms with Crippen LogP contribution >= 0.6 is 0 Å². The summed E-state index contributed by atoms with van der Waals surface area (Å²) in [6.45, 7) is 2.38. The standard InChI is InChI=1S/C17H16FN3O/c1-12-3-2-8-21-11-15(20-17(12)21)10-19-16(22)9-13-4-6-14(18)7-5-13/h2-8,11H,9-10H2,1H3,(H,19,22). The molecule has 0 saturated heterocycles. The van der Waals surface area contributed by atoms with Gasteiger partial charge in [0.2, 0.25) is 5.91 Å². The molecule has 2 heterocycles. The Kier molecular flexibility index (Phi) is 3.87. The van der Waals surface area contributed by atoms with Gasteiger partial charge in [0.05, 0.1) is 18.7 Å². The first-order valence-electron chi connectivity index (χ1n) is 7.06. The fourth-order valence-corrected chi connectivity index (χ4v) is 2.33. The fraction of sp³-hybridized carbons (Fsp3) is 0.176. The van der Waals surface area contributed by atoms with Gasteiger partial charge in [-0.3, -0.25) is 4.79 Å². The molecule has 0 unspecified atom stereocenters. The highest BCUT2D eigenvalue weighted by atomic mass is 19.1. The molecule has 0 aliphatic rings. The van der Waals surface area contributed by atoms with Crippen molar-refractivity contribution in [3.63, 3.8) is 0 Å². The van der Waals surface area contributed by atoms with Crippen molar-refractivity contribution in [2.24, 2.45) is 0 Å². The molecule has 0 spiro atoms. The molecule has 3 rings (SSSR count). The van der Waals surface area contributed by atoms with Crippen LogP contribution in [0.3, 0.4) is 0 Å². The number of carbonyl (C=O) groups excluding carboxylic acids is 1. The summed E-state index contributed by atoms with van der Waals surface area (Å²) < 4.78 is 14.8. The lowest BCUT2D eigenvalue weighted by atomic mass is 10.1. The van der Waals surface area contributed by atoms with Gasteiger partial charge in [0.1, 0.15) is 11.5 Å². The highest BCUT2D eigenvalue weighted by Crippen LogP contribution is 2.10. The number of carbonyl (C=O) groups is 1. The molecular weight excluding hydrogens is 281 g/mol. The molecule has 0 fully saturated rings. The maximum atomic E-state index is 12.8. The second-order valence-corrected chi connectivity index (χ2v) is 5.23. The van der Waals surface area contributed by atoms with Crippen LogP contribution in [0.2, 0.25) is 0 Å². The molecule has 0 saturated carbocycles. The van der Waals surface area contributed by atoms with Gasteiger partial charge in [0.15, 0.2) is 0 Å². The Morgan fingerprint density at radius 2 is 2.05 bits per heavy atom. The van der Waals surface area contributed by atoms with Crippen LogP contribution in [0.1, 0.15) is 16.8 Å². The first-order chi connectivity index (χ1) is 10.6. The molecule has 0 bridgehead atoms. The molecule has 0 radical (unpaired) electrons. The quantitative estimate of drug-likeness (QED) is 0.804. The van der Waals surface area contributed by atoms with Crippen molar-refractivity contribution in [3.05, 3.63) is 71.4 Å². The van der Waals surface area contributed by atoms with Crippen molar-refractivity contribution in [2.45, 2.75) is 19.9 Å². The summed E-state index contributed by atoms with van der Waals surface area (Å²) in [6.07, 6.45) is 4.06. The number of nitrogens with one attached hydrogen (secondary N) is 1. The summed E-state index contributed by atoms with van der Waals surface area (Å²) in [5, 5.41) is 2.83. The van der Waals surface area contributed by atoms with E-state index in [0.29, 0.717) is 6.54 Å². The lowest BCUT2D eigenvalue weighted by Gasteiger charge is -2.03. The van der Waals surface area contributed by atoms with Crippen molar-refractivity contribution < 1.29 is 9.18 Å². The molecule has 1 amide bonds. The molecule has 112 valence electrons. The van der Waals surface area contributed by atoms with Gasteiger partial charge in [-0.25, -0.2) is 9.37 Å². The molecule has 1 N–H and O–H groups in total. The van der Waals surface area contributed by atoms with Gasteiger partial charge in [0, 0.05) is 12.4 Å². The van der Waals surface area contributed by atoms with Crippen LogP contribution in [0.15, 0.2) is 48.8 Å². The van der Waals surface area contributed by atoms with E-state index in [4.69, 9.17) is 0 Å². The number of imidazole rings is 1. The van der Waals surface area contributed by atoms with Crippen molar-refractivity contribution in [1.29, 1.82) is 0 Å². The van der Waals surface area contributed by atoms with Crippen LogP contribution in [0.4, 0.5) is 4.39 Å². The number of hydrogen-bond donors (Lipinski definition) is 1. The molecule has 1 aromatic carbocycles. The largest absolute Gasteiger partial charge is 0.350 e. The molecule has 0 aliphatic carbocycles. The molecule has 0 aliphatic heterocycles. The second kappa shape index (κ2) is 5.97. The Bertz CT molecular complexity index is 808. The number of benzene rings is 1. The van der Waals surface area contributed by atoms with Crippen LogP contribution in [0.5, 0.6) is 0 Å². The first-order valence-corrected chi connectivity index (χ1v) is 7.06. The van der Waals surface area contributed by atoms with Crippen molar-refractivity contribution in [2.75, 3.05) is 0 Å². The van der Waals surface area contributed by atoms with Crippen molar-refractivity contribution in [3.8, 4) is 0 Å². The van der Waals surface area contributed by atoms with Crippen LogP contribution in [0.25, 0.3) is 5.65 Å². The molecule has 3 aromatic rings. The Morgan fingerprint density at radius 1 is 1.27 bits per heavy atom. The van der Waals surface area contributed by atoms with Gasteiger partial charge in [-0.1, -0.05) is 18.2 Å². The molecule has 4 nitrogen and oxygen atoms in total. The molecule has 5 heteroatoms. The van der Waals surface area contributed by atoms with E-state index in [0.717, 1.165) is 22.5 Å². The summed E-state index contributed by atoms with van der Waals surface area (Å²) in [5.74, 6) is -0.412. The number of rotatable bonds is 4. The summed E-state index contributed by atoms with van der Waals surface area (Å²) in [5.41, 5.74) is 3.57. The molecular formula is C17H16FN3O. The van der Waals surface area contributed by atoms with E-state index >= 15 is 0 Å². The summed E-state index contributed by atoms with van der Waals surface area (Å²) in [4.78, 5) is 16.4. The van der Waals surface area contributed by atoms with E-state index in [2.05, 4.69) is 10.3 Å². The summed E-state index contributed by atoms with van der Waals surface area (Å²) >= 11 is 0. The van der Waals surface area contributed by atoms with E-state index in [1.54, 1.807) is 12.1 Å². The predicted molar refractivity (Wildman–Crippen MR) is 81.9 cm³/mol. The minimum absolute atomic E-state index is 0.111. The zero-order valence-electron chi connectivity index (χ0n) is 12.2. The Labute approximate surface area is 127 Å². The molecule has 2 aromatic heterocycles. The Morgan fingerprint density at radius 3 is 2.77 bits per heavy atom. The Balaban J connectivity index is 1.62. The van der Waals surface area contributed by atoms with Gasteiger partial charge in [-0.05, 0) is 36.2 Å². The number of amides is 1. The summed E-state index contributed by atoms with van der Waals surface area (Å²) in [6, 6.07) is 9.90. The normalized spacial score (nSPS) is 10.8. The van der Waals surface area contributed by atoms with E-state index < -0.39 is 0 Å². The smallest absolute Gasteiger partial charge is 0.224 e. The minimum atomic E-state index is -0.302. The number of aromatic nitrogens is 2. The summed E-state index contributed by atoms with van der Waals surface area (Å²) in [7, 11) is 0. The van der Waals surface area contributed by atoms with Crippen LogP contribution in [-0.2, 0) is 17.8 Å². The number of halogens is 1. The lowest BCUT2D eigenvalue weighted by molar-refractivity contribution is -0.120. The number of hydrogen-bond acceptors (Lipinski definition) is 2. The third-order valence-corrected chi connectivity index (χ3v) is 3.47. The van der Waals surface area contributed by atoms with E-state index in [1.165, 1.54) is 12.1 Å². The Hall–Kier alpha value is -2.69. The van der Waals surface area contributed by atoms with Gasteiger partial charge in [-0.2, -0.15) is 0 Å². The van der Waals surface area contributed by atoms with Gasteiger partial charge < -0.3 is 9.72 Å². The predicted octanol–water partition coefficient (Wildman–Crippen LogP) is 2.64. The van der Waals surface area contributed by atoms with E-state index in [-0.39, 0.29) is 18.1 Å². The number of pyridine rings is 1. The first kappa shape index (κ1) is 14.3.